The van der Waals surface area contributed by atoms with Crippen LogP contribution in [0.4, 0.5) is 20.2 Å². The molecular weight excluding hydrogens is 436 g/mol. The summed E-state index contributed by atoms with van der Waals surface area (Å²) >= 11 is 0. The summed E-state index contributed by atoms with van der Waals surface area (Å²) in [5, 5.41) is 11.0. The van der Waals surface area contributed by atoms with Crippen molar-refractivity contribution in [1.82, 2.24) is 9.88 Å². The second-order valence-electron chi connectivity index (χ2n) is 8.59. The molecule has 1 saturated heterocycles. The van der Waals surface area contributed by atoms with Gasteiger partial charge in [-0.15, -0.1) is 0 Å². The van der Waals surface area contributed by atoms with Crippen LogP contribution in [-0.2, 0) is 11.3 Å². The van der Waals surface area contributed by atoms with Crippen LogP contribution in [0.1, 0.15) is 36.1 Å². The van der Waals surface area contributed by atoms with Crippen LogP contribution in [0, 0.1) is 24.0 Å². The molecule has 2 heterocycles. The first-order valence-electron chi connectivity index (χ1n) is 11.2. The van der Waals surface area contributed by atoms with Crippen LogP contribution in [0.2, 0.25) is 0 Å². The Morgan fingerprint density at radius 1 is 1.12 bits per heavy atom. The van der Waals surface area contributed by atoms with Crippen molar-refractivity contribution in [3.63, 3.8) is 0 Å². The molecule has 6 nitrogen and oxygen atoms in total. The van der Waals surface area contributed by atoms with Crippen molar-refractivity contribution in [1.29, 1.82) is 5.41 Å². The van der Waals surface area contributed by atoms with Crippen molar-refractivity contribution >= 4 is 23.0 Å². The number of halogens is 2. The zero-order chi connectivity index (χ0) is 24.2. The van der Waals surface area contributed by atoms with Crippen molar-refractivity contribution < 1.29 is 13.6 Å². The maximum absolute atomic E-state index is 14.8. The first kappa shape index (κ1) is 23.5. The minimum atomic E-state index is -0.971. The van der Waals surface area contributed by atoms with Crippen molar-refractivity contribution in [3.05, 3.63) is 77.1 Å². The van der Waals surface area contributed by atoms with Gasteiger partial charge < -0.3 is 11.1 Å². The first-order valence-corrected chi connectivity index (χ1v) is 11.2. The number of carbonyl (C=O) groups excluding carboxylic acids is 1. The van der Waals surface area contributed by atoms with Gasteiger partial charge in [-0.25, -0.2) is 8.78 Å². The maximum atomic E-state index is 14.8. The quantitative estimate of drug-likeness (QED) is 0.358. The summed E-state index contributed by atoms with van der Waals surface area (Å²) in [4.78, 5) is 19.0. The molecule has 0 unspecified atom stereocenters. The molecule has 34 heavy (non-hydrogen) atoms. The highest BCUT2D eigenvalue weighted by molar-refractivity contribution is 6.48. The molecule has 0 atom stereocenters. The second-order valence-corrected chi connectivity index (χ2v) is 8.59. The zero-order valence-corrected chi connectivity index (χ0v) is 19.0. The van der Waals surface area contributed by atoms with Crippen molar-refractivity contribution in [3.8, 4) is 11.1 Å². The molecule has 8 heteroatoms. The predicted molar refractivity (Wildman–Crippen MR) is 130 cm³/mol. The van der Waals surface area contributed by atoms with Crippen LogP contribution >= 0.6 is 0 Å². The lowest BCUT2D eigenvalue weighted by Crippen LogP contribution is -2.29. The van der Waals surface area contributed by atoms with Gasteiger partial charge in [0.2, 0.25) is 0 Å². The van der Waals surface area contributed by atoms with E-state index in [1.807, 2.05) is 0 Å². The Labute approximate surface area is 197 Å². The molecule has 1 aliphatic heterocycles. The third kappa shape index (κ3) is 5.28. The van der Waals surface area contributed by atoms with Crippen LogP contribution in [0.5, 0.6) is 0 Å². The van der Waals surface area contributed by atoms with E-state index >= 15 is 0 Å². The van der Waals surface area contributed by atoms with Crippen LogP contribution in [-0.4, -0.2) is 34.6 Å². The maximum Gasteiger partial charge on any atom is 0.274 e. The van der Waals surface area contributed by atoms with Gasteiger partial charge in [0.25, 0.3) is 5.91 Å². The van der Waals surface area contributed by atoms with Crippen LogP contribution in [0.3, 0.4) is 0 Å². The number of hydrogen-bond donors (Lipinski definition) is 3. The van der Waals surface area contributed by atoms with Gasteiger partial charge in [0.1, 0.15) is 5.71 Å². The van der Waals surface area contributed by atoms with Gasteiger partial charge >= 0.3 is 0 Å². The van der Waals surface area contributed by atoms with Gasteiger partial charge in [0.15, 0.2) is 11.6 Å². The fourth-order valence-electron chi connectivity index (χ4n) is 4.20. The van der Waals surface area contributed by atoms with E-state index in [0.29, 0.717) is 29.1 Å². The SMILES string of the molecule is Cc1cc(NC(=O)C(=N)c2cc(-c3cc(CN4CCCCC4)cc(F)c3F)ccc2N)ccn1. The number of carbonyl (C=O) groups is 1. The summed E-state index contributed by atoms with van der Waals surface area (Å²) in [7, 11) is 0. The molecule has 176 valence electrons. The minimum Gasteiger partial charge on any atom is -0.398 e. The van der Waals surface area contributed by atoms with Gasteiger partial charge in [0, 0.05) is 40.9 Å². The molecule has 2 aromatic carbocycles. The molecule has 4 N–H and O–H groups in total. The number of likely N-dealkylation sites (tertiary alicyclic amines) is 1. The van der Waals surface area contributed by atoms with Gasteiger partial charge in [-0.3, -0.25) is 20.1 Å². The lowest BCUT2D eigenvalue weighted by molar-refractivity contribution is -0.110. The fourth-order valence-corrected chi connectivity index (χ4v) is 4.20. The molecule has 3 aromatic rings. The molecule has 0 spiro atoms. The van der Waals surface area contributed by atoms with Crippen molar-refractivity contribution in [2.24, 2.45) is 0 Å². The Morgan fingerprint density at radius 2 is 1.88 bits per heavy atom. The molecule has 0 bridgehead atoms. The normalized spacial score (nSPS) is 14.1. The average molecular weight is 464 g/mol. The average Bonchev–Trinajstić information content (AvgIpc) is 2.82. The highest BCUT2D eigenvalue weighted by atomic mass is 19.2. The van der Waals surface area contributed by atoms with E-state index < -0.39 is 17.5 Å². The Balaban J connectivity index is 1.62. The summed E-state index contributed by atoms with van der Waals surface area (Å²) in [6.45, 7) is 4.19. The summed E-state index contributed by atoms with van der Waals surface area (Å²) in [5.41, 5.74) is 8.31. The zero-order valence-electron chi connectivity index (χ0n) is 19.0. The largest absolute Gasteiger partial charge is 0.398 e. The summed E-state index contributed by atoms with van der Waals surface area (Å²) in [5.74, 6) is -2.56. The number of pyridine rings is 1. The number of rotatable bonds is 6. The van der Waals surface area contributed by atoms with E-state index in [0.717, 1.165) is 25.9 Å². The number of hydrogen-bond acceptors (Lipinski definition) is 5. The van der Waals surface area contributed by atoms with E-state index in [1.165, 1.54) is 24.6 Å². The molecule has 4 rings (SSSR count). The Bertz CT molecular complexity index is 1240. The molecule has 0 radical (unpaired) electrons. The fraction of sp³-hybridized carbons (Fsp3) is 0.269. The Kier molecular flexibility index (Phi) is 6.98. The van der Waals surface area contributed by atoms with Gasteiger partial charge in [-0.2, -0.15) is 0 Å². The van der Waals surface area contributed by atoms with E-state index in [-0.39, 0.29) is 22.5 Å². The smallest absolute Gasteiger partial charge is 0.274 e. The second kappa shape index (κ2) is 10.1. The number of aromatic nitrogens is 1. The Hall–Kier alpha value is -3.65. The minimum absolute atomic E-state index is 0.0752. The number of nitrogens with one attached hydrogen (secondary N) is 2. The van der Waals surface area contributed by atoms with Gasteiger partial charge in [0.05, 0.1) is 0 Å². The highest BCUT2D eigenvalue weighted by Gasteiger charge is 2.20. The number of amides is 1. The monoisotopic (exact) mass is 463 g/mol. The highest BCUT2D eigenvalue weighted by Crippen LogP contribution is 2.30. The summed E-state index contributed by atoms with van der Waals surface area (Å²) in [6, 6.07) is 10.7. The predicted octanol–water partition coefficient (Wildman–Crippen LogP) is 4.91. The molecule has 0 saturated carbocycles. The summed E-state index contributed by atoms with van der Waals surface area (Å²) in [6.07, 6.45) is 4.94. The third-order valence-electron chi connectivity index (χ3n) is 5.96. The Morgan fingerprint density at radius 3 is 2.62 bits per heavy atom. The lowest BCUT2D eigenvalue weighted by Gasteiger charge is -2.26. The standard InChI is InChI=1S/C26H27F2N5O/c1-16-11-19(7-8-31-16)32-26(34)25(30)21-14-18(5-6-23(21)29)20-12-17(13-22(27)24(20)28)15-33-9-3-2-4-10-33/h5-8,11-14,30H,2-4,9-10,15,29H2,1H3,(H,31,32,34). The molecule has 1 aromatic heterocycles. The number of aryl methyl sites for hydroxylation is 1. The number of nitrogens with zero attached hydrogens (tertiary/aromatic N) is 2. The number of nitrogens with two attached hydrogens (primary N) is 1. The first-order chi connectivity index (χ1) is 16.3. The number of piperidine rings is 1. The van der Waals surface area contributed by atoms with Crippen LogP contribution in [0.25, 0.3) is 11.1 Å². The van der Waals surface area contributed by atoms with E-state index in [1.54, 1.807) is 37.4 Å². The van der Waals surface area contributed by atoms with E-state index in [4.69, 9.17) is 11.1 Å². The molecule has 1 fully saturated rings. The molecular formula is C26H27F2N5O. The van der Waals surface area contributed by atoms with Crippen molar-refractivity contribution in [2.45, 2.75) is 32.7 Å². The topological polar surface area (TPSA) is 95.1 Å². The molecule has 0 aliphatic carbocycles. The van der Waals surface area contributed by atoms with E-state index in [2.05, 4.69) is 15.2 Å². The lowest BCUT2D eigenvalue weighted by atomic mass is 9.97. The van der Waals surface area contributed by atoms with Crippen LogP contribution < -0.4 is 11.1 Å². The van der Waals surface area contributed by atoms with Crippen LogP contribution in [0.15, 0.2) is 48.7 Å². The molecule has 1 amide bonds. The number of benzene rings is 2. The van der Waals surface area contributed by atoms with Gasteiger partial charge in [-0.1, -0.05) is 12.5 Å². The van der Waals surface area contributed by atoms with Crippen molar-refractivity contribution in [2.75, 3.05) is 24.1 Å². The number of nitrogen functional groups attached to an aromatic ring is 1. The number of anilines is 2. The summed E-state index contributed by atoms with van der Waals surface area (Å²) < 4.78 is 29.3. The third-order valence-corrected chi connectivity index (χ3v) is 5.96. The van der Waals surface area contributed by atoms with E-state index in [9.17, 15) is 13.6 Å². The molecule has 1 aliphatic rings. The van der Waals surface area contributed by atoms with Gasteiger partial charge in [-0.05, 0) is 80.4 Å².